The molecule has 2 unspecified atom stereocenters. The molecule has 1 N–H and O–H groups in total. The number of aliphatic hydroxyl groups excluding tert-OH is 1. The molecule has 0 saturated carbocycles. The summed E-state index contributed by atoms with van der Waals surface area (Å²) in [6.45, 7) is 15.8. The Bertz CT molecular complexity index is 183. The van der Waals surface area contributed by atoms with Gasteiger partial charge in [0.25, 0.3) is 0 Å². The summed E-state index contributed by atoms with van der Waals surface area (Å²) >= 11 is 0. The number of rotatable bonds is 5. The van der Waals surface area contributed by atoms with Crippen LogP contribution in [0.5, 0.6) is 0 Å². The molecular formula is C15H32O. The van der Waals surface area contributed by atoms with Crippen LogP contribution in [-0.4, -0.2) is 11.2 Å². The lowest BCUT2D eigenvalue weighted by Gasteiger charge is -2.32. The topological polar surface area (TPSA) is 20.2 Å². The fourth-order valence-corrected chi connectivity index (χ4v) is 2.18. The molecule has 0 aliphatic heterocycles. The molecule has 1 heteroatoms. The lowest BCUT2D eigenvalue weighted by Crippen LogP contribution is -2.25. The third-order valence-corrected chi connectivity index (χ3v) is 3.50. The van der Waals surface area contributed by atoms with Crippen LogP contribution in [0.3, 0.4) is 0 Å². The fourth-order valence-electron chi connectivity index (χ4n) is 2.18. The summed E-state index contributed by atoms with van der Waals surface area (Å²) in [6.07, 6.45) is 4.04. The van der Waals surface area contributed by atoms with Gasteiger partial charge in [-0.05, 0) is 36.0 Å². The van der Waals surface area contributed by atoms with E-state index in [9.17, 15) is 5.11 Å². The van der Waals surface area contributed by atoms with Crippen molar-refractivity contribution in [2.45, 2.75) is 80.3 Å². The summed E-state index contributed by atoms with van der Waals surface area (Å²) in [5, 5.41) is 10.1. The highest BCUT2D eigenvalue weighted by Crippen LogP contribution is 2.33. The molecule has 0 aliphatic carbocycles. The largest absolute Gasteiger partial charge is 0.393 e. The smallest absolute Gasteiger partial charge is 0.0543 e. The first kappa shape index (κ1) is 16.0. The summed E-state index contributed by atoms with van der Waals surface area (Å²) < 4.78 is 0. The Kier molecular flexibility index (Phi) is 6.03. The molecule has 2 atom stereocenters. The molecule has 0 fully saturated rings. The van der Waals surface area contributed by atoms with Crippen LogP contribution < -0.4 is 0 Å². The van der Waals surface area contributed by atoms with Gasteiger partial charge in [-0.15, -0.1) is 0 Å². The van der Waals surface area contributed by atoms with Gasteiger partial charge >= 0.3 is 0 Å². The van der Waals surface area contributed by atoms with E-state index in [1.54, 1.807) is 0 Å². The Morgan fingerprint density at radius 1 is 1.00 bits per heavy atom. The second kappa shape index (κ2) is 6.05. The van der Waals surface area contributed by atoms with E-state index in [-0.39, 0.29) is 6.10 Å². The van der Waals surface area contributed by atoms with Gasteiger partial charge in [-0.2, -0.15) is 0 Å². The van der Waals surface area contributed by atoms with E-state index >= 15 is 0 Å². The van der Waals surface area contributed by atoms with Crippen molar-refractivity contribution in [2.75, 3.05) is 0 Å². The average Bonchev–Trinajstić information content (AvgIpc) is 2.07. The zero-order valence-electron chi connectivity index (χ0n) is 12.4. The van der Waals surface area contributed by atoms with Crippen molar-refractivity contribution in [1.82, 2.24) is 0 Å². The van der Waals surface area contributed by atoms with E-state index in [0.29, 0.717) is 16.7 Å². The highest BCUT2D eigenvalue weighted by Gasteiger charge is 2.25. The van der Waals surface area contributed by atoms with E-state index in [4.69, 9.17) is 0 Å². The molecule has 0 bridgehead atoms. The molecule has 0 rings (SSSR count). The molecule has 0 spiro atoms. The minimum absolute atomic E-state index is 0.122. The number of aliphatic hydroxyl groups is 1. The van der Waals surface area contributed by atoms with Gasteiger partial charge in [-0.3, -0.25) is 0 Å². The van der Waals surface area contributed by atoms with E-state index in [1.807, 2.05) is 0 Å². The first-order valence-corrected chi connectivity index (χ1v) is 6.74. The molecule has 16 heavy (non-hydrogen) atoms. The van der Waals surface area contributed by atoms with Crippen molar-refractivity contribution in [2.24, 2.45) is 16.7 Å². The quantitative estimate of drug-likeness (QED) is 0.727. The van der Waals surface area contributed by atoms with E-state index in [2.05, 4.69) is 48.5 Å². The summed E-state index contributed by atoms with van der Waals surface area (Å²) in [7, 11) is 0. The van der Waals surface area contributed by atoms with Crippen molar-refractivity contribution in [3.05, 3.63) is 0 Å². The van der Waals surface area contributed by atoms with Crippen LogP contribution in [0, 0.1) is 16.7 Å². The Hall–Kier alpha value is -0.0400. The molecule has 0 radical (unpaired) electrons. The molecule has 0 heterocycles. The highest BCUT2D eigenvalue weighted by molar-refractivity contribution is 4.76. The maximum atomic E-state index is 10.1. The fraction of sp³-hybridized carbons (Fsp3) is 1.00. The maximum absolute atomic E-state index is 10.1. The lowest BCUT2D eigenvalue weighted by molar-refractivity contribution is 0.0839. The van der Waals surface area contributed by atoms with Crippen molar-refractivity contribution in [1.29, 1.82) is 0 Å². The van der Waals surface area contributed by atoms with Crippen LogP contribution in [0.25, 0.3) is 0 Å². The number of hydrogen-bond acceptors (Lipinski definition) is 1. The van der Waals surface area contributed by atoms with Crippen molar-refractivity contribution in [3.63, 3.8) is 0 Å². The minimum Gasteiger partial charge on any atom is -0.393 e. The molecular weight excluding hydrogens is 196 g/mol. The SMILES string of the molecule is CCC(CC(O)CCC(C)(C)C)C(C)(C)C. The van der Waals surface area contributed by atoms with Gasteiger partial charge in [0, 0.05) is 0 Å². The van der Waals surface area contributed by atoms with Crippen LogP contribution >= 0.6 is 0 Å². The molecule has 0 amide bonds. The Labute approximate surface area is 103 Å². The predicted octanol–water partition coefficient (Wildman–Crippen LogP) is 4.64. The minimum atomic E-state index is -0.122. The molecule has 0 saturated heterocycles. The Balaban J connectivity index is 4.07. The second-order valence-electron chi connectivity index (χ2n) is 7.46. The normalized spacial score (nSPS) is 17.2. The monoisotopic (exact) mass is 228 g/mol. The summed E-state index contributed by atoms with van der Waals surface area (Å²) in [5.74, 6) is 0.627. The summed E-state index contributed by atoms with van der Waals surface area (Å²) in [6, 6.07) is 0. The third kappa shape index (κ3) is 7.27. The van der Waals surface area contributed by atoms with Gasteiger partial charge in [0.15, 0.2) is 0 Å². The number of hydrogen-bond donors (Lipinski definition) is 1. The molecule has 0 aromatic carbocycles. The summed E-state index contributed by atoms with van der Waals surface area (Å²) in [5.41, 5.74) is 0.655. The van der Waals surface area contributed by atoms with E-state index in [0.717, 1.165) is 25.7 Å². The zero-order chi connectivity index (χ0) is 13.0. The van der Waals surface area contributed by atoms with Gasteiger partial charge in [0.05, 0.1) is 6.10 Å². The Morgan fingerprint density at radius 2 is 1.50 bits per heavy atom. The van der Waals surface area contributed by atoms with Gasteiger partial charge in [0.1, 0.15) is 0 Å². The van der Waals surface area contributed by atoms with Crippen molar-refractivity contribution >= 4 is 0 Å². The summed E-state index contributed by atoms with van der Waals surface area (Å²) in [4.78, 5) is 0. The maximum Gasteiger partial charge on any atom is 0.0543 e. The molecule has 98 valence electrons. The second-order valence-corrected chi connectivity index (χ2v) is 7.46. The van der Waals surface area contributed by atoms with Crippen molar-refractivity contribution in [3.8, 4) is 0 Å². The van der Waals surface area contributed by atoms with Gasteiger partial charge in [0.2, 0.25) is 0 Å². The van der Waals surface area contributed by atoms with Crippen LogP contribution in [0.2, 0.25) is 0 Å². The standard InChI is InChI=1S/C15H32O/c1-8-12(15(5,6)7)11-13(16)9-10-14(2,3)4/h12-13,16H,8-11H2,1-7H3. The van der Waals surface area contributed by atoms with Crippen LogP contribution in [0.15, 0.2) is 0 Å². The van der Waals surface area contributed by atoms with Crippen LogP contribution in [-0.2, 0) is 0 Å². The van der Waals surface area contributed by atoms with Crippen molar-refractivity contribution < 1.29 is 5.11 Å². The van der Waals surface area contributed by atoms with Gasteiger partial charge in [-0.1, -0.05) is 54.9 Å². The zero-order valence-corrected chi connectivity index (χ0v) is 12.4. The van der Waals surface area contributed by atoms with Gasteiger partial charge in [-0.25, -0.2) is 0 Å². The Morgan fingerprint density at radius 3 is 1.81 bits per heavy atom. The van der Waals surface area contributed by atoms with Crippen LogP contribution in [0.1, 0.15) is 74.1 Å². The lowest BCUT2D eigenvalue weighted by atomic mass is 9.75. The molecule has 0 aromatic rings. The first-order valence-electron chi connectivity index (χ1n) is 6.74. The van der Waals surface area contributed by atoms with E-state index < -0.39 is 0 Å². The van der Waals surface area contributed by atoms with E-state index in [1.165, 1.54) is 0 Å². The highest BCUT2D eigenvalue weighted by atomic mass is 16.3. The molecule has 0 aliphatic rings. The molecule has 1 nitrogen and oxygen atoms in total. The first-order chi connectivity index (χ1) is 7.06. The molecule has 0 aromatic heterocycles. The average molecular weight is 228 g/mol. The third-order valence-electron chi connectivity index (χ3n) is 3.50. The van der Waals surface area contributed by atoms with Crippen LogP contribution in [0.4, 0.5) is 0 Å². The predicted molar refractivity (Wildman–Crippen MR) is 72.5 cm³/mol. The van der Waals surface area contributed by atoms with Gasteiger partial charge < -0.3 is 5.11 Å².